The van der Waals surface area contributed by atoms with E-state index in [0.29, 0.717) is 0 Å². The highest BCUT2D eigenvalue weighted by Crippen LogP contribution is 2.26. The Morgan fingerprint density at radius 1 is 1.10 bits per heavy atom. The molecule has 1 heterocycles. The molecular formula is C17H27FN2. The Hall–Kier alpha value is -1.09. The van der Waals surface area contributed by atoms with Gasteiger partial charge in [0.2, 0.25) is 0 Å². The number of anilines is 1. The molecule has 0 atom stereocenters. The molecule has 1 fully saturated rings. The molecule has 0 saturated carbocycles. The molecule has 0 amide bonds. The third kappa shape index (κ3) is 4.20. The summed E-state index contributed by atoms with van der Waals surface area (Å²) in [6.45, 7) is 5.87. The van der Waals surface area contributed by atoms with E-state index in [0.717, 1.165) is 43.9 Å². The van der Waals surface area contributed by atoms with Gasteiger partial charge in [-0.2, -0.15) is 0 Å². The minimum Gasteiger partial charge on any atom is -0.369 e. The van der Waals surface area contributed by atoms with Crippen molar-refractivity contribution in [3.63, 3.8) is 0 Å². The van der Waals surface area contributed by atoms with Crippen molar-refractivity contribution in [2.45, 2.75) is 52.0 Å². The lowest BCUT2D eigenvalue weighted by molar-refractivity contribution is 0.541. The van der Waals surface area contributed by atoms with Gasteiger partial charge in [-0.15, -0.1) is 0 Å². The standard InChI is InChI=1S/C17H27FN2/c1-2-11-19-14-15-9-8-10-16(18)17(15)20-12-6-4-3-5-7-13-20/h8-10,19H,2-7,11-14H2,1H3. The fourth-order valence-electron chi connectivity index (χ4n) is 2.93. The molecule has 112 valence electrons. The summed E-state index contributed by atoms with van der Waals surface area (Å²) in [6, 6.07) is 5.48. The number of rotatable bonds is 5. The summed E-state index contributed by atoms with van der Waals surface area (Å²) in [5.74, 6) is -0.0682. The van der Waals surface area contributed by atoms with Crippen LogP contribution in [0.5, 0.6) is 0 Å². The Morgan fingerprint density at radius 2 is 1.80 bits per heavy atom. The second-order valence-electron chi connectivity index (χ2n) is 5.68. The summed E-state index contributed by atoms with van der Waals surface area (Å²) < 4.78 is 14.3. The van der Waals surface area contributed by atoms with Crippen LogP contribution in [0.1, 0.15) is 51.0 Å². The highest BCUT2D eigenvalue weighted by molar-refractivity contribution is 5.55. The highest BCUT2D eigenvalue weighted by Gasteiger charge is 2.16. The fourth-order valence-corrected chi connectivity index (χ4v) is 2.93. The van der Waals surface area contributed by atoms with Gasteiger partial charge in [-0.3, -0.25) is 0 Å². The van der Waals surface area contributed by atoms with Crippen LogP contribution in [0.2, 0.25) is 0 Å². The van der Waals surface area contributed by atoms with Gasteiger partial charge in [0.25, 0.3) is 0 Å². The van der Waals surface area contributed by atoms with E-state index in [-0.39, 0.29) is 5.82 Å². The average Bonchev–Trinajstić information content (AvgIpc) is 2.40. The third-order valence-electron chi connectivity index (χ3n) is 3.98. The van der Waals surface area contributed by atoms with E-state index in [2.05, 4.69) is 23.2 Å². The molecular weight excluding hydrogens is 251 g/mol. The van der Waals surface area contributed by atoms with Crippen LogP contribution in [0.25, 0.3) is 0 Å². The molecule has 1 saturated heterocycles. The lowest BCUT2D eigenvalue weighted by Gasteiger charge is -2.29. The molecule has 1 aromatic carbocycles. The molecule has 1 aliphatic rings. The van der Waals surface area contributed by atoms with Crippen LogP contribution >= 0.6 is 0 Å². The van der Waals surface area contributed by atoms with Crippen molar-refractivity contribution in [2.24, 2.45) is 0 Å². The first kappa shape index (κ1) is 15.3. The monoisotopic (exact) mass is 278 g/mol. The fraction of sp³-hybridized carbons (Fsp3) is 0.647. The van der Waals surface area contributed by atoms with Gasteiger partial charge < -0.3 is 10.2 Å². The van der Waals surface area contributed by atoms with E-state index >= 15 is 0 Å². The van der Waals surface area contributed by atoms with Gasteiger partial charge in [0, 0.05) is 19.6 Å². The number of nitrogens with zero attached hydrogens (tertiary/aromatic N) is 1. The molecule has 0 aromatic heterocycles. The van der Waals surface area contributed by atoms with Crippen molar-refractivity contribution < 1.29 is 4.39 Å². The number of halogens is 1. The van der Waals surface area contributed by atoms with Crippen LogP contribution in [0, 0.1) is 5.82 Å². The summed E-state index contributed by atoms with van der Waals surface area (Å²) >= 11 is 0. The van der Waals surface area contributed by atoms with Gasteiger partial charge in [0.1, 0.15) is 5.82 Å². The predicted octanol–water partition coefficient (Wildman–Crippen LogP) is 4.10. The molecule has 20 heavy (non-hydrogen) atoms. The van der Waals surface area contributed by atoms with Crippen molar-refractivity contribution >= 4 is 5.69 Å². The van der Waals surface area contributed by atoms with Crippen molar-refractivity contribution in [2.75, 3.05) is 24.5 Å². The normalized spacial score (nSPS) is 16.8. The number of para-hydroxylation sites is 1. The van der Waals surface area contributed by atoms with E-state index in [4.69, 9.17) is 0 Å². The van der Waals surface area contributed by atoms with E-state index < -0.39 is 0 Å². The lowest BCUT2D eigenvalue weighted by Crippen LogP contribution is -2.29. The maximum Gasteiger partial charge on any atom is 0.146 e. The van der Waals surface area contributed by atoms with E-state index in [9.17, 15) is 4.39 Å². The molecule has 0 aliphatic carbocycles. The number of benzene rings is 1. The molecule has 2 rings (SSSR count). The second-order valence-corrected chi connectivity index (χ2v) is 5.68. The molecule has 0 bridgehead atoms. The lowest BCUT2D eigenvalue weighted by atomic mass is 10.1. The van der Waals surface area contributed by atoms with Crippen LogP contribution in [-0.2, 0) is 6.54 Å². The Bertz CT molecular complexity index is 398. The number of hydrogen-bond acceptors (Lipinski definition) is 2. The summed E-state index contributed by atoms with van der Waals surface area (Å²) in [4.78, 5) is 2.26. The topological polar surface area (TPSA) is 15.3 Å². The summed E-state index contributed by atoms with van der Waals surface area (Å²) in [5.41, 5.74) is 1.93. The van der Waals surface area contributed by atoms with Gasteiger partial charge in [-0.05, 0) is 37.4 Å². The van der Waals surface area contributed by atoms with E-state index in [1.165, 1.54) is 32.1 Å². The minimum absolute atomic E-state index is 0.0682. The summed E-state index contributed by atoms with van der Waals surface area (Å²) in [5, 5.41) is 3.39. The zero-order valence-electron chi connectivity index (χ0n) is 12.6. The largest absolute Gasteiger partial charge is 0.369 e. The Kier molecular flexibility index (Phi) is 6.31. The smallest absolute Gasteiger partial charge is 0.146 e. The molecule has 1 N–H and O–H groups in total. The Labute approximate surface area is 122 Å². The van der Waals surface area contributed by atoms with Gasteiger partial charge in [-0.1, -0.05) is 38.3 Å². The van der Waals surface area contributed by atoms with Crippen LogP contribution in [0.3, 0.4) is 0 Å². The van der Waals surface area contributed by atoms with Gasteiger partial charge in [-0.25, -0.2) is 4.39 Å². The number of nitrogens with one attached hydrogen (secondary N) is 1. The zero-order chi connectivity index (χ0) is 14.2. The second kappa shape index (κ2) is 8.25. The molecule has 3 heteroatoms. The molecule has 2 nitrogen and oxygen atoms in total. The SMILES string of the molecule is CCCNCc1cccc(F)c1N1CCCCCCC1. The van der Waals surface area contributed by atoms with Crippen LogP contribution in [0.15, 0.2) is 18.2 Å². The van der Waals surface area contributed by atoms with Gasteiger partial charge in [0.15, 0.2) is 0 Å². The Balaban J connectivity index is 2.14. The average molecular weight is 278 g/mol. The van der Waals surface area contributed by atoms with Crippen molar-refractivity contribution in [3.8, 4) is 0 Å². The van der Waals surface area contributed by atoms with Crippen LogP contribution < -0.4 is 10.2 Å². The predicted molar refractivity (Wildman–Crippen MR) is 83.7 cm³/mol. The molecule has 1 aromatic rings. The van der Waals surface area contributed by atoms with E-state index in [1.807, 2.05) is 6.07 Å². The maximum atomic E-state index is 14.3. The zero-order valence-corrected chi connectivity index (χ0v) is 12.6. The Morgan fingerprint density at radius 3 is 2.50 bits per heavy atom. The quantitative estimate of drug-likeness (QED) is 0.816. The van der Waals surface area contributed by atoms with Crippen molar-refractivity contribution in [3.05, 3.63) is 29.6 Å². The third-order valence-corrected chi connectivity index (χ3v) is 3.98. The van der Waals surface area contributed by atoms with Crippen molar-refractivity contribution in [1.82, 2.24) is 5.32 Å². The molecule has 0 radical (unpaired) electrons. The molecule has 0 unspecified atom stereocenters. The van der Waals surface area contributed by atoms with Gasteiger partial charge in [0.05, 0.1) is 5.69 Å². The first-order valence-electron chi connectivity index (χ1n) is 8.06. The first-order valence-corrected chi connectivity index (χ1v) is 8.06. The highest BCUT2D eigenvalue weighted by atomic mass is 19.1. The number of hydrogen-bond donors (Lipinski definition) is 1. The van der Waals surface area contributed by atoms with Crippen molar-refractivity contribution in [1.29, 1.82) is 0 Å². The molecule has 1 aliphatic heterocycles. The minimum atomic E-state index is -0.0682. The summed E-state index contributed by atoms with van der Waals surface area (Å²) in [6.07, 6.45) is 7.33. The van der Waals surface area contributed by atoms with Gasteiger partial charge >= 0.3 is 0 Å². The summed E-state index contributed by atoms with van der Waals surface area (Å²) in [7, 11) is 0. The van der Waals surface area contributed by atoms with Crippen LogP contribution in [0.4, 0.5) is 10.1 Å². The van der Waals surface area contributed by atoms with E-state index in [1.54, 1.807) is 6.07 Å². The molecule has 0 spiro atoms. The van der Waals surface area contributed by atoms with Crippen LogP contribution in [-0.4, -0.2) is 19.6 Å². The maximum absolute atomic E-state index is 14.3. The first-order chi connectivity index (χ1) is 9.83.